The second-order valence-electron chi connectivity index (χ2n) is 6.72. The summed E-state index contributed by atoms with van der Waals surface area (Å²) in [4.78, 5) is 24.7. The number of carbonyl (C=O) groups is 2. The molecule has 33 heavy (non-hydrogen) atoms. The van der Waals surface area contributed by atoms with Crippen molar-refractivity contribution in [3.05, 3.63) is 89.7 Å². The molecule has 0 radical (unpaired) electrons. The van der Waals surface area contributed by atoms with Crippen LogP contribution in [0.15, 0.2) is 73.1 Å². The maximum Gasteiger partial charge on any atom is 0.343 e. The molecule has 0 atom stereocenters. The number of hydrazone groups is 1. The molecule has 0 bridgehead atoms. The molecule has 3 aromatic rings. The quantitative estimate of drug-likeness (QED) is 0.133. The first-order chi connectivity index (χ1) is 15.7. The van der Waals surface area contributed by atoms with Gasteiger partial charge in [0.25, 0.3) is 5.91 Å². The van der Waals surface area contributed by atoms with E-state index in [4.69, 9.17) is 21.1 Å². The van der Waals surface area contributed by atoms with Crippen LogP contribution in [-0.4, -0.2) is 24.7 Å². The second kappa shape index (κ2) is 11.8. The van der Waals surface area contributed by atoms with Gasteiger partial charge in [0, 0.05) is 15.1 Å². The summed E-state index contributed by atoms with van der Waals surface area (Å²) in [7, 11) is 0. The number of benzene rings is 3. The minimum atomic E-state index is -0.512. The van der Waals surface area contributed by atoms with E-state index in [0.29, 0.717) is 30.8 Å². The van der Waals surface area contributed by atoms with Crippen LogP contribution in [-0.2, 0) is 4.79 Å². The van der Waals surface area contributed by atoms with Gasteiger partial charge in [-0.25, -0.2) is 10.2 Å². The van der Waals surface area contributed by atoms with Crippen molar-refractivity contribution in [2.75, 3.05) is 6.61 Å². The van der Waals surface area contributed by atoms with Crippen LogP contribution in [0.4, 0.5) is 0 Å². The van der Waals surface area contributed by atoms with E-state index in [1.165, 1.54) is 6.21 Å². The molecule has 0 aromatic heterocycles. The fourth-order valence-electron chi connectivity index (χ4n) is 2.65. The number of hydrogen-bond donors (Lipinski definition) is 1. The fraction of sp³-hybridized carbons (Fsp3) is 0.0870. The average Bonchev–Trinajstić information content (AvgIpc) is 2.75. The van der Waals surface area contributed by atoms with Gasteiger partial charge in [-0.1, -0.05) is 45.2 Å². The zero-order chi connectivity index (χ0) is 24.0. The van der Waals surface area contributed by atoms with Crippen molar-refractivity contribution in [3.8, 4) is 11.5 Å². The van der Waals surface area contributed by atoms with Gasteiger partial charge in [0.1, 0.15) is 5.75 Å². The lowest BCUT2D eigenvalue weighted by Gasteiger charge is -2.11. The van der Waals surface area contributed by atoms with E-state index in [0.717, 1.165) is 10.0 Å². The third-order valence-corrected chi connectivity index (χ3v) is 6.03. The Morgan fingerprint density at radius 3 is 2.58 bits per heavy atom. The second-order valence-corrected chi connectivity index (χ2v) is 9.78. The molecule has 0 saturated carbocycles. The SMILES string of the molecule is Cc1cccc(C(=O)Oc2c(Br)cc(Br)cc2/C=N\NC(=O)COc2ccc(Cl)cc2Br)c1. The summed E-state index contributed by atoms with van der Waals surface area (Å²) in [5, 5.41) is 4.50. The number of nitrogens with zero attached hydrogens (tertiary/aromatic N) is 1. The van der Waals surface area contributed by atoms with Crippen molar-refractivity contribution in [1.29, 1.82) is 0 Å². The fourth-order valence-corrected chi connectivity index (χ4v) is 4.79. The lowest BCUT2D eigenvalue weighted by Crippen LogP contribution is -2.24. The van der Waals surface area contributed by atoms with Crippen molar-refractivity contribution in [2.45, 2.75) is 6.92 Å². The van der Waals surface area contributed by atoms with Crippen LogP contribution in [0.3, 0.4) is 0 Å². The summed E-state index contributed by atoms with van der Waals surface area (Å²) in [6.45, 7) is 1.64. The molecule has 0 aliphatic carbocycles. The van der Waals surface area contributed by atoms with Gasteiger partial charge < -0.3 is 9.47 Å². The Hall–Kier alpha value is -2.20. The van der Waals surface area contributed by atoms with Gasteiger partial charge in [0.05, 0.1) is 20.7 Å². The zero-order valence-electron chi connectivity index (χ0n) is 17.1. The molecule has 1 amide bonds. The van der Waals surface area contributed by atoms with Gasteiger partial charge in [0.15, 0.2) is 12.4 Å². The third-order valence-electron chi connectivity index (χ3n) is 4.13. The first-order valence-corrected chi connectivity index (χ1v) is 12.2. The highest BCUT2D eigenvalue weighted by Gasteiger charge is 2.15. The number of amides is 1. The molecule has 3 rings (SSSR count). The highest BCUT2D eigenvalue weighted by atomic mass is 79.9. The maximum absolute atomic E-state index is 12.6. The molecule has 10 heteroatoms. The summed E-state index contributed by atoms with van der Waals surface area (Å²) in [6, 6.07) is 15.5. The summed E-state index contributed by atoms with van der Waals surface area (Å²) in [5.41, 5.74) is 4.22. The van der Waals surface area contributed by atoms with Crippen molar-refractivity contribution >= 4 is 77.5 Å². The van der Waals surface area contributed by atoms with Crippen LogP contribution in [0, 0.1) is 6.92 Å². The first kappa shape index (κ1) is 25.4. The molecule has 0 aliphatic rings. The number of carbonyl (C=O) groups excluding carboxylic acids is 2. The van der Waals surface area contributed by atoms with E-state index in [1.54, 1.807) is 48.5 Å². The predicted octanol–water partition coefficient (Wildman–Crippen LogP) is 6.68. The number of aryl methyl sites for hydroxylation is 1. The minimum absolute atomic E-state index is 0.255. The van der Waals surface area contributed by atoms with E-state index < -0.39 is 11.9 Å². The molecule has 1 N–H and O–H groups in total. The van der Waals surface area contributed by atoms with Gasteiger partial charge >= 0.3 is 5.97 Å². The van der Waals surface area contributed by atoms with E-state index in [2.05, 4.69) is 58.3 Å². The van der Waals surface area contributed by atoms with Gasteiger partial charge in [-0.2, -0.15) is 5.10 Å². The van der Waals surface area contributed by atoms with Gasteiger partial charge in [-0.3, -0.25) is 4.79 Å². The number of nitrogens with one attached hydrogen (secondary N) is 1. The van der Waals surface area contributed by atoms with Gasteiger partial charge in [-0.15, -0.1) is 0 Å². The molecule has 0 saturated heterocycles. The van der Waals surface area contributed by atoms with E-state index in [1.807, 2.05) is 13.0 Å². The zero-order valence-corrected chi connectivity index (χ0v) is 22.6. The Kier molecular flexibility index (Phi) is 9.08. The maximum atomic E-state index is 12.6. The molecule has 0 heterocycles. The Bertz CT molecular complexity index is 1230. The van der Waals surface area contributed by atoms with Crippen molar-refractivity contribution in [1.82, 2.24) is 5.43 Å². The molecule has 170 valence electrons. The molecule has 0 fully saturated rings. The van der Waals surface area contributed by atoms with E-state index in [-0.39, 0.29) is 12.4 Å². The Morgan fingerprint density at radius 1 is 1.06 bits per heavy atom. The predicted molar refractivity (Wildman–Crippen MR) is 138 cm³/mol. The number of rotatable bonds is 7. The summed E-state index contributed by atoms with van der Waals surface area (Å²) < 4.78 is 13.0. The standard InChI is InChI=1S/C23H16Br3ClN2O4/c1-13-3-2-4-14(7-13)23(31)33-22-15(8-16(24)9-19(22)26)11-28-29-21(30)12-32-20-6-5-17(27)10-18(20)25/h2-11H,12H2,1H3,(H,29,30)/b28-11-. The van der Waals surface area contributed by atoms with Crippen LogP contribution in [0.5, 0.6) is 11.5 Å². The smallest absolute Gasteiger partial charge is 0.343 e. The van der Waals surface area contributed by atoms with Crippen molar-refractivity contribution in [2.24, 2.45) is 5.10 Å². The van der Waals surface area contributed by atoms with Crippen molar-refractivity contribution in [3.63, 3.8) is 0 Å². The van der Waals surface area contributed by atoms with E-state index >= 15 is 0 Å². The molecule has 6 nitrogen and oxygen atoms in total. The Balaban J connectivity index is 1.68. The summed E-state index contributed by atoms with van der Waals surface area (Å²) in [5.74, 6) is -0.244. The average molecular weight is 660 g/mol. The highest BCUT2D eigenvalue weighted by Crippen LogP contribution is 2.33. The van der Waals surface area contributed by atoms with Crippen LogP contribution in [0.2, 0.25) is 5.02 Å². The van der Waals surface area contributed by atoms with Crippen LogP contribution in [0.1, 0.15) is 21.5 Å². The molecular weight excluding hydrogens is 643 g/mol. The van der Waals surface area contributed by atoms with Crippen LogP contribution in [0.25, 0.3) is 0 Å². The molecule has 0 aliphatic heterocycles. The molecule has 3 aromatic carbocycles. The van der Waals surface area contributed by atoms with Crippen molar-refractivity contribution < 1.29 is 19.1 Å². The number of ether oxygens (including phenoxy) is 2. The third kappa shape index (κ3) is 7.40. The minimum Gasteiger partial charge on any atom is -0.483 e. The molecular formula is C23H16Br3ClN2O4. The number of hydrogen-bond acceptors (Lipinski definition) is 5. The normalized spacial score (nSPS) is 10.8. The lowest BCUT2D eigenvalue weighted by molar-refractivity contribution is -0.123. The van der Waals surface area contributed by atoms with Crippen LogP contribution >= 0.6 is 59.4 Å². The molecule has 0 spiro atoms. The first-order valence-electron chi connectivity index (χ1n) is 9.40. The summed E-state index contributed by atoms with van der Waals surface area (Å²) >= 11 is 16.0. The van der Waals surface area contributed by atoms with Gasteiger partial charge in [-0.05, 0) is 81.2 Å². The van der Waals surface area contributed by atoms with Crippen LogP contribution < -0.4 is 14.9 Å². The molecule has 0 unspecified atom stereocenters. The Morgan fingerprint density at radius 2 is 1.85 bits per heavy atom. The Labute approximate surface area is 220 Å². The summed E-state index contributed by atoms with van der Waals surface area (Å²) in [6.07, 6.45) is 1.38. The largest absolute Gasteiger partial charge is 0.483 e. The highest BCUT2D eigenvalue weighted by molar-refractivity contribution is 9.11. The van der Waals surface area contributed by atoms with Gasteiger partial charge in [0.2, 0.25) is 0 Å². The monoisotopic (exact) mass is 656 g/mol. The van der Waals surface area contributed by atoms with E-state index in [9.17, 15) is 9.59 Å². The topological polar surface area (TPSA) is 77.0 Å². The lowest BCUT2D eigenvalue weighted by atomic mass is 10.1. The number of esters is 1. The number of halogens is 4.